The van der Waals surface area contributed by atoms with Crippen molar-refractivity contribution >= 4 is 52.4 Å². The van der Waals surface area contributed by atoms with E-state index < -0.39 is 0 Å². The molecule has 1 fully saturated rings. The zero-order chi connectivity index (χ0) is 26.3. The lowest BCUT2D eigenvalue weighted by atomic mass is 10.1. The fraction of sp³-hybridized carbons (Fsp3) is 0.207. The minimum atomic E-state index is -0.0907. The molecule has 1 N–H and O–H groups in total. The van der Waals surface area contributed by atoms with E-state index in [1.54, 1.807) is 0 Å². The van der Waals surface area contributed by atoms with E-state index in [1.165, 1.54) is 17.4 Å². The third kappa shape index (κ3) is 6.98. The first-order chi connectivity index (χ1) is 18.5. The molecule has 38 heavy (non-hydrogen) atoms. The summed E-state index contributed by atoms with van der Waals surface area (Å²) in [5.74, 6) is 1.43. The zero-order valence-electron chi connectivity index (χ0n) is 20.7. The lowest BCUT2D eigenvalue weighted by Gasteiger charge is -2.36. The number of thioether (sulfide) groups is 1. The topological polar surface area (TPSA) is 61.4 Å². The summed E-state index contributed by atoms with van der Waals surface area (Å²) >= 11 is 13.9. The minimum Gasteiger partial charge on any atom is -0.368 e. The van der Waals surface area contributed by atoms with Gasteiger partial charge in [0.05, 0.1) is 0 Å². The van der Waals surface area contributed by atoms with Gasteiger partial charge in [-0.2, -0.15) is 0 Å². The highest BCUT2D eigenvalue weighted by atomic mass is 35.5. The Kier molecular flexibility index (Phi) is 8.68. The Balaban J connectivity index is 1.14. The number of hydrogen-bond donors (Lipinski definition) is 1. The van der Waals surface area contributed by atoms with Crippen LogP contribution < -0.4 is 15.1 Å². The van der Waals surface area contributed by atoms with Gasteiger partial charge in [0.15, 0.2) is 5.16 Å². The Hall–Kier alpha value is -3.26. The van der Waals surface area contributed by atoms with E-state index in [0.717, 1.165) is 48.1 Å². The fourth-order valence-electron chi connectivity index (χ4n) is 4.24. The monoisotopic (exact) mass is 563 g/mol. The summed E-state index contributed by atoms with van der Waals surface area (Å²) < 4.78 is 0. The Morgan fingerprint density at radius 1 is 0.816 bits per heavy atom. The SMILES string of the molecule is O=C(NCc1ccccc1)c1ccc(CSc2nc(Cl)cc(N3CCN(c4ccc(Cl)cc4)CC3)n2)cc1. The summed E-state index contributed by atoms with van der Waals surface area (Å²) in [6, 6.07) is 27.3. The molecule has 3 aromatic carbocycles. The van der Waals surface area contributed by atoms with Crippen molar-refractivity contribution in [2.45, 2.75) is 17.5 Å². The standard InChI is InChI=1S/C29H27Cl2N5OS/c30-24-10-12-25(13-11-24)35-14-16-36(17-15-35)27-18-26(31)33-29(34-27)38-20-22-6-8-23(9-7-22)28(37)32-19-21-4-2-1-3-5-21/h1-13,18H,14-17,19-20H2,(H,32,37). The summed E-state index contributed by atoms with van der Waals surface area (Å²) in [7, 11) is 0. The Morgan fingerprint density at radius 2 is 1.50 bits per heavy atom. The molecular weight excluding hydrogens is 537 g/mol. The summed E-state index contributed by atoms with van der Waals surface area (Å²) in [5, 5.41) is 4.77. The van der Waals surface area contributed by atoms with Gasteiger partial charge >= 0.3 is 0 Å². The number of benzene rings is 3. The summed E-state index contributed by atoms with van der Waals surface area (Å²) in [5.41, 5.74) is 3.95. The molecule has 0 spiro atoms. The molecule has 1 aliphatic heterocycles. The van der Waals surface area contributed by atoms with Crippen molar-refractivity contribution in [1.29, 1.82) is 0 Å². The molecule has 0 unspecified atom stereocenters. The van der Waals surface area contributed by atoms with Gasteiger partial charge in [0.1, 0.15) is 11.0 Å². The molecule has 0 atom stereocenters. The number of rotatable bonds is 8. The molecule has 0 saturated carbocycles. The third-order valence-corrected chi connectivity index (χ3v) is 7.70. The van der Waals surface area contributed by atoms with Crippen LogP contribution in [-0.2, 0) is 12.3 Å². The maximum atomic E-state index is 12.5. The maximum absolute atomic E-state index is 12.5. The van der Waals surface area contributed by atoms with Gasteiger partial charge in [0.2, 0.25) is 0 Å². The number of piperazine rings is 1. The van der Waals surface area contributed by atoms with Crippen LogP contribution in [0.3, 0.4) is 0 Å². The number of nitrogens with one attached hydrogen (secondary N) is 1. The van der Waals surface area contributed by atoms with Crippen molar-refractivity contribution in [3.05, 3.63) is 112 Å². The Morgan fingerprint density at radius 3 is 2.21 bits per heavy atom. The maximum Gasteiger partial charge on any atom is 0.251 e. The molecule has 4 aromatic rings. The number of amides is 1. The van der Waals surface area contributed by atoms with E-state index in [2.05, 4.69) is 32.2 Å². The van der Waals surface area contributed by atoms with Crippen LogP contribution in [-0.4, -0.2) is 42.1 Å². The lowest BCUT2D eigenvalue weighted by molar-refractivity contribution is 0.0951. The number of halogens is 2. The quantitative estimate of drug-likeness (QED) is 0.153. The minimum absolute atomic E-state index is 0.0907. The number of carbonyl (C=O) groups excluding carboxylic acids is 1. The summed E-state index contributed by atoms with van der Waals surface area (Å²) in [6.07, 6.45) is 0. The van der Waals surface area contributed by atoms with Gasteiger partial charge in [-0.1, -0.05) is 77.4 Å². The fourth-order valence-corrected chi connectivity index (χ4v) is 5.40. The van der Waals surface area contributed by atoms with Gasteiger partial charge in [-0.15, -0.1) is 0 Å². The van der Waals surface area contributed by atoms with E-state index in [9.17, 15) is 4.79 Å². The van der Waals surface area contributed by atoms with E-state index >= 15 is 0 Å². The van der Waals surface area contributed by atoms with Crippen LogP contribution in [0, 0.1) is 0 Å². The Labute approximate surface area is 237 Å². The molecule has 194 valence electrons. The molecule has 0 aliphatic carbocycles. The second-order valence-electron chi connectivity index (χ2n) is 8.94. The van der Waals surface area contributed by atoms with Gasteiger partial charge in [-0.3, -0.25) is 4.79 Å². The highest BCUT2D eigenvalue weighted by Crippen LogP contribution is 2.26. The van der Waals surface area contributed by atoms with Crippen molar-refractivity contribution in [2.24, 2.45) is 0 Å². The molecule has 9 heteroatoms. The van der Waals surface area contributed by atoms with E-state index in [4.69, 9.17) is 28.2 Å². The van der Waals surface area contributed by atoms with Gasteiger partial charge in [-0.25, -0.2) is 9.97 Å². The lowest BCUT2D eigenvalue weighted by Crippen LogP contribution is -2.46. The molecule has 0 bridgehead atoms. The first-order valence-electron chi connectivity index (χ1n) is 12.4. The number of aromatic nitrogens is 2. The predicted octanol–water partition coefficient (Wildman–Crippen LogP) is 6.33. The van der Waals surface area contributed by atoms with Gasteiger partial charge in [-0.05, 0) is 47.5 Å². The van der Waals surface area contributed by atoms with Gasteiger partial charge < -0.3 is 15.1 Å². The van der Waals surface area contributed by atoms with Gasteiger partial charge in [0.25, 0.3) is 5.91 Å². The smallest absolute Gasteiger partial charge is 0.251 e. The van der Waals surface area contributed by atoms with Crippen molar-refractivity contribution in [3.63, 3.8) is 0 Å². The molecule has 6 nitrogen and oxygen atoms in total. The molecular formula is C29H27Cl2N5OS. The van der Waals surface area contributed by atoms with Crippen molar-refractivity contribution in [3.8, 4) is 0 Å². The number of carbonyl (C=O) groups is 1. The number of anilines is 2. The Bertz CT molecular complexity index is 1360. The molecule has 1 saturated heterocycles. The highest BCUT2D eigenvalue weighted by Gasteiger charge is 2.20. The predicted molar refractivity (Wildman–Crippen MR) is 157 cm³/mol. The van der Waals surface area contributed by atoms with Crippen molar-refractivity contribution in [1.82, 2.24) is 15.3 Å². The first-order valence-corrected chi connectivity index (χ1v) is 14.1. The van der Waals surface area contributed by atoms with Crippen LogP contribution in [0.15, 0.2) is 90.1 Å². The first kappa shape index (κ1) is 26.4. The van der Waals surface area contributed by atoms with Gasteiger partial charge in [0, 0.05) is 60.8 Å². The van der Waals surface area contributed by atoms with Crippen molar-refractivity contribution < 1.29 is 4.79 Å². The average Bonchev–Trinajstić information content (AvgIpc) is 2.96. The third-order valence-electron chi connectivity index (χ3n) is 6.34. The van der Waals surface area contributed by atoms with E-state index in [1.807, 2.05) is 72.8 Å². The molecule has 1 aliphatic rings. The molecule has 2 heterocycles. The van der Waals surface area contributed by atoms with Crippen LogP contribution in [0.25, 0.3) is 0 Å². The van der Waals surface area contributed by atoms with E-state index in [-0.39, 0.29) is 5.91 Å². The normalized spacial score (nSPS) is 13.4. The average molecular weight is 565 g/mol. The van der Waals surface area contributed by atoms with Crippen molar-refractivity contribution in [2.75, 3.05) is 36.0 Å². The van der Waals surface area contributed by atoms with Crippen LogP contribution >= 0.6 is 35.0 Å². The second kappa shape index (κ2) is 12.5. The van der Waals surface area contributed by atoms with Crippen LogP contribution in [0.5, 0.6) is 0 Å². The second-order valence-corrected chi connectivity index (χ2v) is 10.7. The number of nitrogens with zero attached hydrogens (tertiary/aromatic N) is 4. The van der Waals surface area contributed by atoms with Crippen LogP contribution in [0.4, 0.5) is 11.5 Å². The molecule has 0 radical (unpaired) electrons. The molecule has 1 amide bonds. The van der Waals surface area contributed by atoms with Crippen LogP contribution in [0.2, 0.25) is 10.2 Å². The zero-order valence-corrected chi connectivity index (χ0v) is 23.0. The molecule has 1 aromatic heterocycles. The number of hydrogen-bond acceptors (Lipinski definition) is 6. The van der Waals surface area contributed by atoms with Crippen LogP contribution in [0.1, 0.15) is 21.5 Å². The summed E-state index contributed by atoms with van der Waals surface area (Å²) in [6.45, 7) is 3.96. The summed E-state index contributed by atoms with van der Waals surface area (Å²) in [4.78, 5) is 26.3. The molecule has 5 rings (SSSR count). The largest absolute Gasteiger partial charge is 0.368 e. The van der Waals surface area contributed by atoms with E-state index in [0.29, 0.717) is 28.2 Å². The highest BCUT2D eigenvalue weighted by molar-refractivity contribution is 7.98.